The van der Waals surface area contributed by atoms with Gasteiger partial charge in [-0.2, -0.15) is 0 Å². The molecule has 0 aromatic heterocycles. The van der Waals surface area contributed by atoms with Crippen molar-refractivity contribution in [1.29, 1.82) is 0 Å². The third-order valence-corrected chi connectivity index (χ3v) is 4.45. The molecule has 1 aliphatic carbocycles. The molecule has 0 radical (unpaired) electrons. The topological polar surface area (TPSA) is 38.3 Å². The maximum Gasteiger partial charge on any atom is 0.315 e. The summed E-state index contributed by atoms with van der Waals surface area (Å²) >= 11 is 1.69. The van der Waals surface area contributed by atoms with Crippen LogP contribution >= 0.6 is 11.8 Å². The zero-order chi connectivity index (χ0) is 12.5. The van der Waals surface area contributed by atoms with Gasteiger partial charge in [0.05, 0.1) is 12.4 Å². The fourth-order valence-electron chi connectivity index (χ4n) is 2.46. The van der Waals surface area contributed by atoms with Crippen molar-refractivity contribution in [2.45, 2.75) is 45.1 Å². The predicted molar refractivity (Wildman–Crippen MR) is 73.4 cm³/mol. The Kier molecular flexibility index (Phi) is 7.69. The van der Waals surface area contributed by atoms with E-state index >= 15 is 0 Å². The van der Waals surface area contributed by atoms with Gasteiger partial charge in [-0.25, -0.2) is 0 Å². The standard InChI is InChI=1S/C13H25NO2S/c1-3-16-13(15)10-17-9-12(14-2)11-7-5-4-6-8-11/h11-12,14H,3-10H2,1-2H3. The Hall–Kier alpha value is -0.220. The summed E-state index contributed by atoms with van der Waals surface area (Å²) in [6, 6.07) is 0.551. The van der Waals surface area contributed by atoms with Gasteiger partial charge in [0, 0.05) is 11.8 Å². The van der Waals surface area contributed by atoms with Gasteiger partial charge in [0.25, 0.3) is 0 Å². The SMILES string of the molecule is CCOC(=O)CSCC(NC)C1CCCCC1. The van der Waals surface area contributed by atoms with Crippen LogP contribution in [0.4, 0.5) is 0 Å². The normalized spacial score (nSPS) is 18.9. The van der Waals surface area contributed by atoms with Crippen LogP contribution in [0.25, 0.3) is 0 Å². The molecule has 0 aromatic carbocycles. The quantitative estimate of drug-likeness (QED) is 0.713. The molecule has 0 amide bonds. The van der Waals surface area contributed by atoms with Crippen LogP contribution in [-0.2, 0) is 9.53 Å². The molecule has 1 atom stereocenters. The van der Waals surface area contributed by atoms with Gasteiger partial charge in [-0.05, 0) is 32.7 Å². The molecule has 0 heterocycles. The molecular weight excluding hydrogens is 234 g/mol. The van der Waals surface area contributed by atoms with Gasteiger partial charge >= 0.3 is 5.97 Å². The molecule has 0 saturated heterocycles. The Bertz CT molecular complexity index is 217. The number of carbonyl (C=O) groups excluding carboxylic acids is 1. The monoisotopic (exact) mass is 259 g/mol. The molecule has 17 heavy (non-hydrogen) atoms. The van der Waals surface area contributed by atoms with Crippen molar-refractivity contribution in [2.75, 3.05) is 25.2 Å². The van der Waals surface area contributed by atoms with Crippen molar-refractivity contribution >= 4 is 17.7 Å². The summed E-state index contributed by atoms with van der Waals surface area (Å²) in [4.78, 5) is 11.2. The lowest BCUT2D eigenvalue weighted by Crippen LogP contribution is -2.37. The molecule has 3 nitrogen and oxygen atoms in total. The maximum atomic E-state index is 11.2. The van der Waals surface area contributed by atoms with Crippen LogP contribution in [0.1, 0.15) is 39.0 Å². The highest BCUT2D eigenvalue weighted by Gasteiger charge is 2.22. The number of nitrogens with one attached hydrogen (secondary N) is 1. The van der Waals surface area contributed by atoms with Crippen molar-refractivity contribution < 1.29 is 9.53 Å². The van der Waals surface area contributed by atoms with Gasteiger partial charge in [0.1, 0.15) is 0 Å². The number of hydrogen-bond donors (Lipinski definition) is 1. The zero-order valence-corrected chi connectivity index (χ0v) is 11.9. The van der Waals surface area contributed by atoms with Crippen LogP contribution in [0, 0.1) is 5.92 Å². The van der Waals surface area contributed by atoms with Gasteiger partial charge in [-0.15, -0.1) is 11.8 Å². The van der Waals surface area contributed by atoms with E-state index in [1.807, 2.05) is 14.0 Å². The number of hydrogen-bond acceptors (Lipinski definition) is 4. The largest absolute Gasteiger partial charge is 0.465 e. The van der Waals surface area contributed by atoms with E-state index in [2.05, 4.69) is 5.32 Å². The molecule has 0 spiro atoms. The molecule has 0 aromatic rings. The molecule has 1 unspecified atom stereocenters. The number of esters is 1. The summed E-state index contributed by atoms with van der Waals surface area (Å²) in [5, 5.41) is 3.40. The third kappa shape index (κ3) is 5.77. The Labute approximate surface area is 109 Å². The Morgan fingerprint density at radius 3 is 2.71 bits per heavy atom. The maximum absolute atomic E-state index is 11.2. The number of rotatable bonds is 7. The van der Waals surface area contributed by atoms with Crippen LogP contribution in [0.5, 0.6) is 0 Å². The minimum atomic E-state index is -0.0870. The highest BCUT2D eigenvalue weighted by molar-refractivity contribution is 7.99. The van der Waals surface area contributed by atoms with E-state index in [0.717, 1.165) is 11.7 Å². The van der Waals surface area contributed by atoms with Gasteiger partial charge in [0.15, 0.2) is 0 Å². The van der Waals surface area contributed by atoms with E-state index in [4.69, 9.17) is 4.74 Å². The fourth-order valence-corrected chi connectivity index (χ4v) is 3.52. The minimum absolute atomic E-state index is 0.0870. The van der Waals surface area contributed by atoms with E-state index in [1.165, 1.54) is 32.1 Å². The lowest BCUT2D eigenvalue weighted by Gasteiger charge is -2.29. The summed E-state index contributed by atoms with van der Waals surface area (Å²) in [5.41, 5.74) is 0. The van der Waals surface area contributed by atoms with Gasteiger partial charge < -0.3 is 10.1 Å². The summed E-state index contributed by atoms with van der Waals surface area (Å²) in [7, 11) is 2.03. The van der Waals surface area contributed by atoms with Crippen LogP contribution < -0.4 is 5.32 Å². The highest BCUT2D eigenvalue weighted by Crippen LogP contribution is 2.27. The molecule has 100 valence electrons. The van der Waals surface area contributed by atoms with Gasteiger partial charge in [0.2, 0.25) is 0 Å². The Balaban J connectivity index is 2.19. The number of carbonyl (C=O) groups is 1. The first-order valence-electron chi connectivity index (χ1n) is 6.68. The third-order valence-electron chi connectivity index (χ3n) is 3.41. The molecule has 1 saturated carbocycles. The number of ether oxygens (including phenoxy) is 1. The average molecular weight is 259 g/mol. The smallest absolute Gasteiger partial charge is 0.315 e. The molecule has 0 bridgehead atoms. The van der Waals surface area contributed by atoms with Crippen LogP contribution in [0.2, 0.25) is 0 Å². The molecule has 1 fully saturated rings. The molecular formula is C13H25NO2S. The van der Waals surface area contributed by atoms with Crippen molar-refractivity contribution in [3.8, 4) is 0 Å². The molecule has 1 rings (SSSR count). The first-order valence-corrected chi connectivity index (χ1v) is 7.84. The lowest BCUT2D eigenvalue weighted by molar-refractivity contribution is -0.139. The first kappa shape index (κ1) is 14.8. The van der Waals surface area contributed by atoms with E-state index in [-0.39, 0.29) is 5.97 Å². The zero-order valence-electron chi connectivity index (χ0n) is 11.0. The average Bonchev–Trinajstić information content (AvgIpc) is 2.36. The lowest BCUT2D eigenvalue weighted by atomic mass is 9.84. The highest BCUT2D eigenvalue weighted by atomic mass is 32.2. The first-order chi connectivity index (χ1) is 8.27. The molecule has 1 aliphatic rings. The van der Waals surface area contributed by atoms with Crippen molar-refractivity contribution in [1.82, 2.24) is 5.32 Å². The van der Waals surface area contributed by atoms with E-state index < -0.39 is 0 Å². The van der Waals surface area contributed by atoms with Gasteiger partial charge in [-0.3, -0.25) is 4.79 Å². The minimum Gasteiger partial charge on any atom is -0.465 e. The van der Waals surface area contributed by atoms with E-state index in [1.54, 1.807) is 11.8 Å². The molecule has 0 aliphatic heterocycles. The van der Waals surface area contributed by atoms with Crippen LogP contribution in [0.15, 0.2) is 0 Å². The predicted octanol–water partition coefficient (Wildman–Crippen LogP) is 2.45. The van der Waals surface area contributed by atoms with Crippen molar-refractivity contribution in [3.63, 3.8) is 0 Å². The Morgan fingerprint density at radius 2 is 2.12 bits per heavy atom. The van der Waals surface area contributed by atoms with Crippen molar-refractivity contribution in [2.24, 2.45) is 5.92 Å². The summed E-state index contributed by atoms with van der Waals surface area (Å²) in [5.74, 6) is 2.21. The Morgan fingerprint density at radius 1 is 1.41 bits per heavy atom. The molecule has 1 N–H and O–H groups in total. The van der Waals surface area contributed by atoms with E-state index in [9.17, 15) is 4.79 Å². The number of thioether (sulfide) groups is 1. The molecule has 4 heteroatoms. The fraction of sp³-hybridized carbons (Fsp3) is 0.923. The summed E-state index contributed by atoms with van der Waals surface area (Å²) < 4.78 is 4.92. The second-order valence-electron chi connectivity index (χ2n) is 4.61. The van der Waals surface area contributed by atoms with Crippen LogP contribution in [0.3, 0.4) is 0 Å². The summed E-state index contributed by atoms with van der Waals surface area (Å²) in [6.07, 6.45) is 6.80. The second kappa shape index (κ2) is 8.81. The second-order valence-corrected chi connectivity index (χ2v) is 5.64. The van der Waals surface area contributed by atoms with Gasteiger partial charge in [-0.1, -0.05) is 19.3 Å². The summed E-state index contributed by atoms with van der Waals surface area (Å²) in [6.45, 7) is 2.33. The van der Waals surface area contributed by atoms with Crippen LogP contribution in [-0.4, -0.2) is 37.2 Å². The van der Waals surface area contributed by atoms with Crippen molar-refractivity contribution in [3.05, 3.63) is 0 Å². The van der Waals surface area contributed by atoms with E-state index in [0.29, 0.717) is 18.4 Å².